The molecule has 0 aromatic carbocycles. The highest BCUT2D eigenvalue weighted by Gasteiger charge is 2.19. The van der Waals surface area contributed by atoms with E-state index < -0.39 is 0 Å². The third-order valence-electron chi connectivity index (χ3n) is 3.04. The summed E-state index contributed by atoms with van der Waals surface area (Å²) in [6.07, 6.45) is 5.08. The van der Waals surface area contributed by atoms with E-state index in [2.05, 4.69) is 23.9 Å². The first-order valence-electron chi connectivity index (χ1n) is 5.73. The van der Waals surface area contributed by atoms with Crippen LogP contribution < -0.4 is 0 Å². The molecule has 1 N–H and O–H groups in total. The van der Waals surface area contributed by atoms with Crippen LogP contribution in [-0.4, -0.2) is 61.3 Å². The van der Waals surface area contributed by atoms with E-state index >= 15 is 0 Å². The van der Waals surface area contributed by atoms with E-state index in [0.29, 0.717) is 12.6 Å². The first kappa shape index (κ1) is 12.0. The number of nitrogens with zero attached hydrogens (tertiary/aromatic N) is 2. The third-order valence-corrected chi connectivity index (χ3v) is 3.04. The second-order valence-corrected chi connectivity index (χ2v) is 4.52. The maximum Gasteiger partial charge on any atom is 0.0586 e. The largest absolute Gasteiger partial charge is 0.395 e. The molecule has 0 radical (unpaired) electrons. The van der Waals surface area contributed by atoms with Crippen molar-refractivity contribution in [3.05, 3.63) is 0 Å². The zero-order valence-corrected chi connectivity index (χ0v) is 9.58. The van der Waals surface area contributed by atoms with Gasteiger partial charge in [-0.1, -0.05) is 12.8 Å². The van der Waals surface area contributed by atoms with Crippen LogP contribution in [0.4, 0.5) is 0 Å². The van der Waals surface area contributed by atoms with Gasteiger partial charge in [0.1, 0.15) is 0 Å². The molecule has 0 amide bonds. The fraction of sp³-hybridized carbons (Fsp3) is 1.00. The van der Waals surface area contributed by atoms with Crippen LogP contribution in [0.2, 0.25) is 0 Å². The Bertz CT molecular complexity index is 150. The summed E-state index contributed by atoms with van der Waals surface area (Å²) in [5.41, 5.74) is 0. The summed E-state index contributed by atoms with van der Waals surface area (Å²) in [6, 6.07) is 0.414. The minimum atomic E-state index is 0.327. The summed E-state index contributed by atoms with van der Waals surface area (Å²) >= 11 is 0. The molecule has 1 rings (SSSR count). The molecule has 1 atom stereocenters. The Labute approximate surface area is 87.7 Å². The molecule has 1 heterocycles. The molecule has 84 valence electrons. The molecule has 0 aromatic rings. The molecular weight excluding hydrogens is 176 g/mol. The topological polar surface area (TPSA) is 26.7 Å². The minimum absolute atomic E-state index is 0.327. The van der Waals surface area contributed by atoms with Gasteiger partial charge in [-0.05, 0) is 33.5 Å². The van der Waals surface area contributed by atoms with Gasteiger partial charge in [0.15, 0.2) is 0 Å². The second-order valence-electron chi connectivity index (χ2n) is 4.52. The van der Waals surface area contributed by atoms with Crippen LogP contribution in [0, 0.1) is 0 Å². The number of hydrogen-bond donors (Lipinski definition) is 1. The predicted octanol–water partition coefficient (Wildman–Crippen LogP) is 0.785. The lowest BCUT2D eigenvalue weighted by atomic mass is 10.1. The maximum absolute atomic E-state index is 9.30. The fourth-order valence-corrected chi connectivity index (χ4v) is 2.07. The van der Waals surface area contributed by atoms with Crippen molar-refractivity contribution in [2.24, 2.45) is 0 Å². The van der Waals surface area contributed by atoms with E-state index in [0.717, 1.165) is 13.1 Å². The lowest BCUT2D eigenvalue weighted by Crippen LogP contribution is -2.41. The molecule has 3 nitrogen and oxygen atoms in total. The van der Waals surface area contributed by atoms with Crippen LogP contribution in [0.15, 0.2) is 0 Å². The summed E-state index contributed by atoms with van der Waals surface area (Å²) in [5, 5.41) is 9.30. The van der Waals surface area contributed by atoms with E-state index in [4.69, 9.17) is 0 Å². The summed E-state index contributed by atoms with van der Waals surface area (Å²) in [7, 11) is 4.21. The third kappa shape index (κ3) is 3.95. The zero-order chi connectivity index (χ0) is 10.4. The van der Waals surface area contributed by atoms with Gasteiger partial charge in [0.05, 0.1) is 6.61 Å². The molecule has 1 unspecified atom stereocenters. The number of aliphatic hydroxyl groups excluding tert-OH is 1. The van der Waals surface area contributed by atoms with Crippen LogP contribution in [0.5, 0.6) is 0 Å². The van der Waals surface area contributed by atoms with Crippen LogP contribution in [0.1, 0.15) is 25.7 Å². The van der Waals surface area contributed by atoms with Crippen LogP contribution in [0.3, 0.4) is 0 Å². The van der Waals surface area contributed by atoms with Gasteiger partial charge in [0.2, 0.25) is 0 Å². The van der Waals surface area contributed by atoms with Crippen molar-refractivity contribution in [3.8, 4) is 0 Å². The highest BCUT2D eigenvalue weighted by Crippen LogP contribution is 2.15. The van der Waals surface area contributed by atoms with E-state index in [1.807, 2.05) is 0 Å². The Balaban J connectivity index is 2.36. The molecule has 14 heavy (non-hydrogen) atoms. The first-order valence-corrected chi connectivity index (χ1v) is 5.73. The highest BCUT2D eigenvalue weighted by atomic mass is 16.3. The molecule has 1 aliphatic rings. The smallest absolute Gasteiger partial charge is 0.0586 e. The quantitative estimate of drug-likeness (QED) is 0.726. The number of likely N-dealkylation sites (tertiary alicyclic amines) is 1. The van der Waals surface area contributed by atoms with Crippen LogP contribution in [0.25, 0.3) is 0 Å². The van der Waals surface area contributed by atoms with Gasteiger partial charge in [-0.15, -0.1) is 0 Å². The van der Waals surface area contributed by atoms with Gasteiger partial charge < -0.3 is 10.0 Å². The summed E-state index contributed by atoms with van der Waals surface area (Å²) in [6.45, 7) is 3.68. The van der Waals surface area contributed by atoms with Crippen molar-refractivity contribution in [2.45, 2.75) is 31.7 Å². The van der Waals surface area contributed by atoms with E-state index in [9.17, 15) is 5.11 Å². The fourth-order valence-electron chi connectivity index (χ4n) is 2.07. The van der Waals surface area contributed by atoms with Gasteiger partial charge in [-0.25, -0.2) is 0 Å². The first-order chi connectivity index (χ1) is 6.74. The minimum Gasteiger partial charge on any atom is -0.395 e. The average molecular weight is 200 g/mol. The molecule has 0 bridgehead atoms. The molecular formula is C11H24N2O. The van der Waals surface area contributed by atoms with Gasteiger partial charge in [-0.3, -0.25) is 4.90 Å². The highest BCUT2D eigenvalue weighted by molar-refractivity contribution is 4.75. The van der Waals surface area contributed by atoms with Crippen molar-refractivity contribution in [1.82, 2.24) is 9.80 Å². The summed E-state index contributed by atoms with van der Waals surface area (Å²) in [5.74, 6) is 0. The molecule has 0 aliphatic carbocycles. The van der Waals surface area contributed by atoms with Crippen molar-refractivity contribution >= 4 is 0 Å². The summed E-state index contributed by atoms with van der Waals surface area (Å²) < 4.78 is 0. The van der Waals surface area contributed by atoms with E-state index in [1.54, 1.807) is 0 Å². The molecule has 0 aromatic heterocycles. The number of hydrogen-bond acceptors (Lipinski definition) is 3. The van der Waals surface area contributed by atoms with Crippen molar-refractivity contribution in [1.29, 1.82) is 0 Å². The molecule has 1 aliphatic heterocycles. The average Bonchev–Trinajstić information content (AvgIpc) is 2.38. The van der Waals surface area contributed by atoms with Gasteiger partial charge >= 0.3 is 0 Å². The Morgan fingerprint density at radius 2 is 2.07 bits per heavy atom. The number of likely N-dealkylation sites (N-methyl/N-ethyl adjacent to an activating group) is 1. The molecule has 1 saturated heterocycles. The van der Waals surface area contributed by atoms with Gasteiger partial charge in [0.25, 0.3) is 0 Å². The normalized spacial score (nSPS) is 25.3. The Morgan fingerprint density at radius 3 is 2.71 bits per heavy atom. The zero-order valence-electron chi connectivity index (χ0n) is 9.58. The molecule has 3 heteroatoms. The molecule has 0 spiro atoms. The maximum atomic E-state index is 9.30. The van der Waals surface area contributed by atoms with Crippen molar-refractivity contribution < 1.29 is 5.11 Å². The van der Waals surface area contributed by atoms with Crippen LogP contribution >= 0.6 is 0 Å². The van der Waals surface area contributed by atoms with E-state index in [1.165, 1.54) is 32.2 Å². The Kier molecular flexibility index (Phi) is 5.45. The second kappa shape index (κ2) is 6.38. The monoisotopic (exact) mass is 200 g/mol. The predicted molar refractivity (Wildman–Crippen MR) is 59.5 cm³/mol. The van der Waals surface area contributed by atoms with Crippen LogP contribution in [-0.2, 0) is 0 Å². The Hall–Kier alpha value is -0.120. The van der Waals surface area contributed by atoms with Gasteiger partial charge in [0, 0.05) is 19.1 Å². The van der Waals surface area contributed by atoms with Gasteiger partial charge in [-0.2, -0.15) is 0 Å². The lowest BCUT2D eigenvalue weighted by Gasteiger charge is -2.29. The van der Waals surface area contributed by atoms with E-state index in [-0.39, 0.29) is 0 Å². The Morgan fingerprint density at radius 1 is 1.29 bits per heavy atom. The number of rotatable bonds is 4. The number of aliphatic hydroxyl groups is 1. The standard InChI is InChI=1S/C11H24N2O/c1-12(2)8-9-13-7-5-3-4-6-11(13)10-14/h11,14H,3-10H2,1-2H3. The SMILES string of the molecule is CN(C)CCN1CCCCCC1CO. The molecule has 0 saturated carbocycles. The van der Waals surface area contributed by atoms with Crippen molar-refractivity contribution in [2.75, 3.05) is 40.3 Å². The summed E-state index contributed by atoms with van der Waals surface area (Å²) in [4.78, 5) is 4.66. The lowest BCUT2D eigenvalue weighted by molar-refractivity contribution is 0.117. The molecule has 1 fully saturated rings. The van der Waals surface area contributed by atoms with Crippen molar-refractivity contribution in [3.63, 3.8) is 0 Å².